The Kier molecular flexibility index (Phi) is 10.0. The number of aromatic carboxylic acids is 2. The Balaban J connectivity index is 1.62. The van der Waals surface area contributed by atoms with Crippen molar-refractivity contribution in [3.63, 3.8) is 0 Å². The summed E-state index contributed by atoms with van der Waals surface area (Å²) in [6.07, 6.45) is 0. The number of carbonyl (C=O) groups is 4. The van der Waals surface area contributed by atoms with Crippen LogP contribution < -0.4 is 10.6 Å². The van der Waals surface area contributed by atoms with Crippen LogP contribution in [0.3, 0.4) is 0 Å². The van der Waals surface area contributed by atoms with Crippen LogP contribution in [0.2, 0.25) is 20.1 Å². The lowest BCUT2D eigenvalue weighted by atomic mass is 10.1. The third-order valence-electron chi connectivity index (χ3n) is 5.77. The molecule has 214 valence electrons. The number of nitrogens with one attached hydrogen (secondary N) is 2. The van der Waals surface area contributed by atoms with Crippen LogP contribution in [-0.2, 0) is 4.79 Å². The van der Waals surface area contributed by atoms with Gasteiger partial charge in [-0.1, -0.05) is 88.9 Å². The molecule has 0 aliphatic heterocycles. The largest absolute Gasteiger partial charge is 0.478 e. The van der Waals surface area contributed by atoms with E-state index in [1.54, 1.807) is 60.7 Å². The predicted molar refractivity (Wildman–Crippen MR) is 165 cm³/mol. The predicted octanol–water partition coefficient (Wildman–Crippen LogP) is 8.42. The summed E-state index contributed by atoms with van der Waals surface area (Å²) >= 11 is 25.5. The van der Waals surface area contributed by atoms with Crippen molar-refractivity contribution in [2.45, 2.75) is 10.1 Å². The minimum Gasteiger partial charge on any atom is -0.478 e. The molecular weight excluding hydrogens is 646 g/mol. The van der Waals surface area contributed by atoms with E-state index in [-0.39, 0.29) is 26.3 Å². The number of anilines is 2. The van der Waals surface area contributed by atoms with E-state index in [9.17, 15) is 29.4 Å². The van der Waals surface area contributed by atoms with Crippen molar-refractivity contribution < 1.29 is 29.4 Å². The lowest BCUT2D eigenvalue weighted by Crippen LogP contribution is -2.19. The van der Waals surface area contributed by atoms with Gasteiger partial charge in [0.15, 0.2) is 0 Å². The minimum atomic E-state index is -1.53. The molecule has 4 N–H and O–H groups in total. The van der Waals surface area contributed by atoms with Gasteiger partial charge in [0.2, 0.25) is 5.91 Å². The molecule has 4 aromatic rings. The third kappa shape index (κ3) is 7.00. The van der Waals surface area contributed by atoms with Gasteiger partial charge in [0.25, 0.3) is 5.91 Å². The van der Waals surface area contributed by atoms with Crippen molar-refractivity contribution in [1.29, 1.82) is 0 Å². The van der Waals surface area contributed by atoms with E-state index in [0.717, 1.165) is 0 Å². The van der Waals surface area contributed by atoms with E-state index in [1.807, 2.05) is 0 Å². The molecule has 13 heteroatoms. The normalized spacial score (nSPS) is 11.4. The van der Waals surface area contributed by atoms with Crippen molar-refractivity contribution >= 4 is 93.3 Å². The smallest absolute Gasteiger partial charge is 0.338 e. The van der Waals surface area contributed by atoms with Crippen LogP contribution in [0.1, 0.15) is 41.9 Å². The van der Waals surface area contributed by atoms with Crippen LogP contribution in [-0.4, -0.2) is 34.0 Å². The second kappa shape index (κ2) is 13.5. The van der Waals surface area contributed by atoms with Crippen molar-refractivity contribution in [1.82, 2.24) is 0 Å². The van der Waals surface area contributed by atoms with Gasteiger partial charge in [-0.05, 0) is 42.0 Å². The molecule has 0 saturated carbocycles. The fourth-order valence-corrected chi connectivity index (χ4v) is 5.96. The zero-order valence-electron chi connectivity index (χ0n) is 21.0. The first kappa shape index (κ1) is 31.2. The molecule has 42 heavy (non-hydrogen) atoms. The average Bonchev–Trinajstić information content (AvgIpc) is 2.97. The number of hydrogen-bond donors (Lipinski definition) is 4. The Morgan fingerprint density at radius 1 is 0.643 bits per heavy atom. The van der Waals surface area contributed by atoms with Crippen LogP contribution in [0.4, 0.5) is 11.4 Å². The zero-order chi connectivity index (χ0) is 30.6. The van der Waals surface area contributed by atoms with Crippen LogP contribution in [0.15, 0.2) is 83.8 Å². The Morgan fingerprint density at radius 3 is 1.86 bits per heavy atom. The molecule has 0 bridgehead atoms. The second-order valence-electron chi connectivity index (χ2n) is 8.58. The number of carbonyl (C=O) groups excluding carboxylic acids is 2. The average molecular weight is 664 g/mol. The van der Waals surface area contributed by atoms with Crippen LogP contribution in [0, 0.1) is 0 Å². The number of hydrogen-bond acceptors (Lipinski definition) is 5. The summed E-state index contributed by atoms with van der Waals surface area (Å²) in [5, 5.41) is 22.1. The van der Waals surface area contributed by atoms with E-state index in [4.69, 9.17) is 46.4 Å². The maximum atomic E-state index is 13.4. The van der Waals surface area contributed by atoms with Gasteiger partial charge in [-0.15, -0.1) is 11.8 Å². The standard InChI is InChI=1S/C29H18Cl4N2O6S/c30-21-19(20(29(40)41)22(31)24(33)23(21)32)26(36)34-17-10-5-11-18(13-17)42-25(14-6-2-1-3-7-14)27(37)35-16-9-4-8-15(12-16)28(38)39/h1-13,25H,(H,34,36)(H,35,37)(H,38,39)(H,40,41). The molecule has 4 rings (SSSR count). The SMILES string of the molecule is O=C(O)c1cccc(NC(=O)C(Sc2cccc(NC(=O)c3c(Cl)c(Cl)c(Cl)c(Cl)c3C(=O)O)c2)c2ccccc2)c1. The summed E-state index contributed by atoms with van der Waals surface area (Å²) in [6.45, 7) is 0. The third-order valence-corrected chi connectivity index (χ3v) is 8.82. The first-order valence-corrected chi connectivity index (χ1v) is 14.2. The quantitative estimate of drug-likeness (QED) is 0.0802. The number of carboxylic acids is 2. The van der Waals surface area contributed by atoms with Crippen LogP contribution in [0.5, 0.6) is 0 Å². The van der Waals surface area contributed by atoms with Gasteiger partial charge < -0.3 is 20.8 Å². The van der Waals surface area contributed by atoms with E-state index < -0.39 is 45.2 Å². The molecule has 0 heterocycles. The first-order chi connectivity index (χ1) is 20.0. The summed E-state index contributed by atoms with van der Waals surface area (Å²) in [5.41, 5.74) is 0.204. The van der Waals surface area contributed by atoms with Crippen molar-refractivity contribution in [2.75, 3.05) is 10.6 Å². The van der Waals surface area contributed by atoms with Crippen molar-refractivity contribution in [3.8, 4) is 0 Å². The highest BCUT2D eigenvalue weighted by molar-refractivity contribution is 8.00. The number of carboxylic acid groups (broad SMARTS) is 2. The lowest BCUT2D eigenvalue weighted by molar-refractivity contribution is -0.115. The van der Waals surface area contributed by atoms with Crippen molar-refractivity contribution in [2.24, 2.45) is 0 Å². The summed E-state index contributed by atoms with van der Waals surface area (Å²) in [7, 11) is 0. The minimum absolute atomic E-state index is 0.0228. The molecule has 2 amide bonds. The van der Waals surface area contributed by atoms with E-state index in [2.05, 4.69) is 10.6 Å². The highest BCUT2D eigenvalue weighted by Gasteiger charge is 2.29. The Labute approximate surface area is 263 Å². The molecule has 1 atom stereocenters. The molecule has 0 fully saturated rings. The Morgan fingerprint density at radius 2 is 1.24 bits per heavy atom. The summed E-state index contributed by atoms with van der Waals surface area (Å²) < 4.78 is 0. The van der Waals surface area contributed by atoms with E-state index >= 15 is 0 Å². The summed E-state index contributed by atoms with van der Waals surface area (Å²) in [6, 6.07) is 21.3. The molecule has 0 aliphatic carbocycles. The van der Waals surface area contributed by atoms with Gasteiger partial charge in [-0.2, -0.15) is 0 Å². The Bertz CT molecular complexity index is 1720. The molecule has 8 nitrogen and oxygen atoms in total. The molecule has 0 aliphatic rings. The van der Waals surface area contributed by atoms with Gasteiger partial charge in [0.1, 0.15) is 5.25 Å². The second-order valence-corrected chi connectivity index (χ2v) is 11.3. The highest BCUT2D eigenvalue weighted by Crippen LogP contribution is 2.42. The molecule has 0 radical (unpaired) electrons. The van der Waals surface area contributed by atoms with Crippen molar-refractivity contribution in [3.05, 3.63) is 121 Å². The molecule has 0 aromatic heterocycles. The molecule has 0 spiro atoms. The number of rotatable bonds is 9. The van der Waals surface area contributed by atoms with E-state index in [1.165, 1.54) is 30.0 Å². The van der Waals surface area contributed by atoms with Crippen LogP contribution in [0.25, 0.3) is 0 Å². The van der Waals surface area contributed by atoms with Crippen LogP contribution >= 0.6 is 58.2 Å². The van der Waals surface area contributed by atoms with E-state index in [0.29, 0.717) is 16.1 Å². The van der Waals surface area contributed by atoms with Gasteiger partial charge in [0.05, 0.1) is 36.8 Å². The first-order valence-electron chi connectivity index (χ1n) is 11.8. The number of halogens is 4. The summed E-state index contributed by atoms with van der Waals surface area (Å²) in [4.78, 5) is 50.4. The molecular formula is C29H18Cl4N2O6S. The fourth-order valence-electron chi connectivity index (χ4n) is 3.86. The monoisotopic (exact) mass is 662 g/mol. The van der Waals surface area contributed by atoms with Gasteiger partial charge in [0, 0.05) is 16.3 Å². The zero-order valence-corrected chi connectivity index (χ0v) is 24.9. The topological polar surface area (TPSA) is 133 Å². The maximum Gasteiger partial charge on any atom is 0.338 e. The fraction of sp³-hybridized carbons (Fsp3) is 0.0345. The lowest BCUT2D eigenvalue weighted by Gasteiger charge is -2.18. The van der Waals surface area contributed by atoms with Gasteiger partial charge in [-0.25, -0.2) is 9.59 Å². The summed E-state index contributed by atoms with van der Waals surface area (Å²) in [5.74, 6) is -3.96. The molecule has 4 aromatic carbocycles. The molecule has 1 unspecified atom stereocenters. The maximum absolute atomic E-state index is 13.4. The highest BCUT2D eigenvalue weighted by atomic mass is 35.5. The molecule has 0 saturated heterocycles. The number of benzene rings is 4. The number of thioether (sulfide) groups is 1. The Hall–Kier alpha value is -3.73. The van der Waals surface area contributed by atoms with Gasteiger partial charge in [-0.3, -0.25) is 9.59 Å². The van der Waals surface area contributed by atoms with Gasteiger partial charge >= 0.3 is 11.9 Å². The number of amides is 2.